The molecule has 0 N–H and O–H groups in total. The van der Waals surface area contributed by atoms with Crippen molar-refractivity contribution in [3.05, 3.63) is 83.4 Å². The molecular weight excluding hydrogens is 363 g/mol. The van der Waals surface area contributed by atoms with Gasteiger partial charge in [0.25, 0.3) is 0 Å². The molecule has 2 aromatic carbocycles. The normalized spacial score (nSPS) is 27.1. The number of halogens is 3. The predicted molar refractivity (Wildman–Crippen MR) is 101 cm³/mol. The first-order chi connectivity index (χ1) is 13.4. The van der Waals surface area contributed by atoms with Crippen LogP contribution in [0.1, 0.15) is 36.1 Å². The van der Waals surface area contributed by atoms with Gasteiger partial charge in [0.05, 0.1) is 11.6 Å². The van der Waals surface area contributed by atoms with Crippen LogP contribution in [0.3, 0.4) is 0 Å². The largest absolute Gasteiger partial charge is 0.416 e. The van der Waals surface area contributed by atoms with Gasteiger partial charge in [-0.2, -0.15) is 13.2 Å². The quantitative estimate of drug-likeness (QED) is 0.628. The van der Waals surface area contributed by atoms with E-state index < -0.39 is 11.7 Å². The third-order valence-electron chi connectivity index (χ3n) is 5.94. The molecule has 146 valence electrons. The summed E-state index contributed by atoms with van der Waals surface area (Å²) in [5.74, 6) is 0.175. The summed E-state index contributed by atoms with van der Waals surface area (Å²) in [6.45, 7) is 2.54. The molecule has 1 aliphatic heterocycles. The molecule has 0 unspecified atom stereocenters. The highest BCUT2D eigenvalue weighted by Crippen LogP contribution is 2.49. The molecular formula is C23H22F3NO. The number of hydrogen-bond donors (Lipinski definition) is 0. The van der Waals surface area contributed by atoms with Gasteiger partial charge in [0, 0.05) is 18.4 Å². The number of fused-ring (bicyclic) bond motifs is 1. The average Bonchev–Trinajstić information content (AvgIpc) is 2.95. The second-order valence-electron chi connectivity index (χ2n) is 7.76. The van der Waals surface area contributed by atoms with Gasteiger partial charge in [0.2, 0.25) is 5.91 Å². The lowest BCUT2D eigenvalue weighted by Gasteiger charge is -2.29. The topological polar surface area (TPSA) is 20.3 Å². The van der Waals surface area contributed by atoms with Crippen LogP contribution in [0, 0.1) is 17.8 Å². The highest BCUT2D eigenvalue weighted by Gasteiger charge is 2.50. The standard InChI is InChI=1S/C23H22F3NO/c1-15-6-5-9-19-20(15)22(28)27(14-16-7-3-2-4-8-16)21(19)17-10-12-18(13-11-17)23(24,25)26/h2-5,7-13,15,19-21H,6,14H2,1H3/t15-,19+,20+,21-/m0/s1. The van der Waals surface area contributed by atoms with E-state index in [9.17, 15) is 18.0 Å². The highest BCUT2D eigenvalue weighted by molar-refractivity contribution is 5.83. The van der Waals surface area contributed by atoms with E-state index in [1.54, 1.807) is 0 Å². The summed E-state index contributed by atoms with van der Waals surface area (Å²) in [5.41, 5.74) is 1.10. The van der Waals surface area contributed by atoms with Gasteiger partial charge in [-0.3, -0.25) is 4.79 Å². The molecule has 2 aliphatic rings. The van der Waals surface area contributed by atoms with Crippen LogP contribution in [0.5, 0.6) is 0 Å². The average molecular weight is 385 g/mol. The predicted octanol–water partition coefficient (Wildman–Crippen LogP) is 5.62. The number of benzene rings is 2. The Morgan fingerprint density at radius 3 is 2.36 bits per heavy atom. The van der Waals surface area contributed by atoms with Gasteiger partial charge in [-0.25, -0.2) is 0 Å². The summed E-state index contributed by atoms with van der Waals surface area (Å²) in [7, 11) is 0. The maximum atomic E-state index is 13.3. The fraction of sp³-hybridized carbons (Fsp3) is 0.348. The number of carbonyl (C=O) groups is 1. The van der Waals surface area contributed by atoms with Gasteiger partial charge in [0.15, 0.2) is 0 Å². The van der Waals surface area contributed by atoms with Gasteiger partial charge >= 0.3 is 6.18 Å². The van der Waals surface area contributed by atoms with Crippen LogP contribution in [-0.2, 0) is 17.5 Å². The molecule has 0 spiro atoms. The van der Waals surface area contributed by atoms with E-state index in [0.717, 1.165) is 29.7 Å². The summed E-state index contributed by atoms with van der Waals surface area (Å²) in [4.78, 5) is 15.1. The SMILES string of the molecule is C[C@H]1CC=C[C@@H]2[C@@H]1C(=O)N(Cc1ccccc1)[C@H]2c1ccc(C(F)(F)F)cc1. The minimum absolute atomic E-state index is 0.0169. The summed E-state index contributed by atoms with van der Waals surface area (Å²) in [6, 6.07) is 14.7. The van der Waals surface area contributed by atoms with Crippen molar-refractivity contribution >= 4 is 5.91 Å². The van der Waals surface area contributed by atoms with Crippen molar-refractivity contribution < 1.29 is 18.0 Å². The molecule has 2 nitrogen and oxygen atoms in total. The van der Waals surface area contributed by atoms with E-state index in [1.165, 1.54) is 12.1 Å². The maximum Gasteiger partial charge on any atom is 0.416 e. The Balaban J connectivity index is 1.72. The zero-order valence-corrected chi connectivity index (χ0v) is 15.6. The fourth-order valence-electron chi connectivity index (χ4n) is 4.57. The molecule has 1 amide bonds. The van der Waals surface area contributed by atoms with Crippen LogP contribution in [0.2, 0.25) is 0 Å². The van der Waals surface area contributed by atoms with Crippen molar-refractivity contribution in [3.8, 4) is 0 Å². The van der Waals surface area contributed by atoms with Gasteiger partial charge in [0.1, 0.15) is 0 Å². The molecule has 5 heteroatoms. The second-order valence-corrected chi connectivity index (χ2v) is 7.76. The van der Waals surface area contributed by atoms with Crippen molar-refractivity contribution in [1.29, 1.82) is 0 Å². The van der Waals surface area contributed by atoms with Crippen LogP contribution < -0.4 is 0 Å². The van der Waals surface area contributed by atoms with E-state index >= 15 is 0 Å². The third kappa shape index (κ3) is 3.34. The summed E-state index contributed by atoms with van der Waals surface area (Å²) in [5, 5.41) is 0. The van der Waals surface area contributed by atoms with Crippen LogP contribution in [0.4, 0.5) is 13.2 Å². The zero-order chi connectivity index (χ0) is 19.9. The molecule has 2 aromatic rings. The molecule has 28 heavy (non-hydrogen) atoms. The van der Waals surface area contributed by atoms with E-state index in [1.807, 2.05) is 35.2 Å². The maximum absolute atomic E-state index is 13.3. The number of rotatable bonds is 3. The zero-order valence-electron chi connectivity index (χ0n) is 15.6. The Morgan fingerprint density at radius 2 is 1.71 bits per heavy atom. The second kappa shape index (κ2) is 7.12. The first kappa shape index (κ1) is 18.8. The Hall–Kier alpha value is -2.56. The number of carbonyl (C=O) groups excluding carboxylic acids is 1. The number of nitrogens with zero attached hydrogens (tertiary/aromatic N) is 1. The number of likely N-dealkylation sites (tertiary alicyclic amines) is 1. The fourth-order valence-corrected chi connectivity index (χ4v) is 4.57. The minimum Gasteiger partial charge on any atom is -0.330 e. The molecule has 1 fully saturated rings. The Morgan fingerprint density at radius 1 is 1.04 bits per heavy atom. The smallest absolute Gasteiger partial charge is 0.330 e. The number of amides is 1. The molecule has 0 radical (unpaired) electrons. The molecule has 0 aromatic heterocycles. The van der Waals surface area contributed by atoms with Crippen LogP contribution in [-0.4, -0.2) is 10.8 Å². The molecule has 1 saturated heterocycles. The van der Waals surface area contributed by atoms with Crippen molar-refractivity contribution in [2.24, 2.45) is 17.8 Å². The molecule has 1 heterocycles. The molecule has 4 rings (SSSR count). The van der Waals surface area contributed by atoms with E-state index in [-0.39, 0.29) is 29.7 Å². The van der Waals surface area contributed by atoms with Crippen LogP contribution in [0.25, 0.3) is 0 Å². The highest BCUT2D eigenvalue weighted by atomic mass is 19.4. The minimum atomic E-state index is -4.37. The van der Waals surface area contributed by atoms with Crippen molar-refractivity contribution in [1.82, 2.24) is 4.90 Å². The first-order valence-electron chi connectivity index (χ1n) is 9.54. The molecule has 4 atom stereocenters. The van der Waals surface area contributed by atoms with E-state index in [4.69, 9.17) is 0 Å². The van der Waals surface area contributed by atoms with E-state index in [0.29, 0.717) is 6.54 Å². The Kier molecular flexibility index (Phi) is 4.77. The van der Waals surface area contributed by atoms with Gasteiger partial charge in [-0.15, -0.1) is 0 Å². The van der Waals surface area contributed by atoms with Crippen LogP contribution >= 0.6 is 0 Å². The molecule has 0 bridgehead atoms. The lowest BCUT2D eigenvalue weighted by Crippen LogP contribution is -2.30. The Labute approximate surface area is 162 Å². The Bertz CT molecular complexity index is 873. The van der Waals surface area contributed by atoms with Gasteiger partial charge < -0.3 is 4.90 Å². The van der Waals surface area contributed by atoms with Crippen LogP contribution in [0.15, 0.2) is 66.7 Å². The lowest BCUT2D eigenvalue weighted by atomic mass is 9.75. The molecule has 1 aliphatic carbocycles. The lowest BCUT2D eigenvalue weighted by molar-refractivity contribution is -0.137. The van der Waals surface area contributed by atoms with Crippen molar-refractivity contribution in [3.63, 3.8) is 0 Å². The summed E-state index contributed by atoms with van der Waals surface area (Å²) in [6.07, 6.45) is 0.666. The van der Waals surface area contributed by atoms with E-state index in [2.05, 4.69) is 19.1 Å². The van der Waals surface area contributed by atoms with Gasteiger partial charge in [-0.05, 0) is 35.6 Å². The summed E-state index contributed by atoms with van der Waals surface area (Å²) < 4.78 is 38.9. The third-order valence-corrected chi connectivity index (χ3v) is 5.94. The molecule has 0 saturated carbocycles. The first-order valence-corrected chi connectivity index (χ1v) is 9.54. The van der Waals surface area contributed by atoms with Crippen molar-refractivity contribution in [2.75, 3.05) is 0 Å². The number of hydrogen-bond acceptors (Lipinski definition) is 1. The number of alkyl halides is 3. The number of allylic oxidation sites excluding steroid dienone is 1. The van der Waals surface area contributed by atoms with Gasteiger partial charge in [-0.1, -0.05) is 61.5 Å². The van der Waals surface area contributed by atoms with Crippen molar-refractivity contribution in [2.45, 2.75) is 32.1 Å². The monoisotopic (exact) mass is 385 g/mol. The summed E-state index contributed by atoms with van der Waals surface area (Å²) >= 11 is 0.